The van der Waals surface area contributed by atoms with Crippen molar-refractivity contribution in [2.75, 3.05) is 13.1 Å². The average molecular weight is 507 g/mol. The first-order valence-corrected chi connectivity index (χ1v) is 12.8. The van der Waals surface area contributed by atoms with Crippen molar-refractivity contribution in [2.45, 2.75) is 37.5 Å². The largest absolute Gasteiger partial charge is 0.243 e. The van der Waals surface area contributed by atoms with Crippen LogP contribution in [-0.4, -0.2) is 25.8 Å². The lowest BCUT2D eigenvalue weighted by Crippen LogP contribution is -2.32. The summed E-state index contributed by atoms with van der Waals surface area (Å²) in [7, 11) is -3.59. The van der Waals surface area contributed by atoms with E-state index < -0.39 is 10.0 Å². The van der Waals surface area contributed by atoms with Gasteiger partial charge in [0.15, 0.2) is 0 Å². The molecule has 2 aromatic carbocycles. The quantitative estimate of drug-likeness (QED) is 0.444. The number of hydrogen-bond acceptors (Lipinski definition) is 2. The molecule has 6 heteroatoms. The third kappa shape index (κ3) is 4.18. The molecule has 1 atom stereocenters. The van der Waals surface area contributed by atoms with Gasteiger partial charge in [-0.3, -0.25) is 0 Å². The molecule has 0 amide bonds. The first-order valence-electron chi connectivity index (χ1n) is 10.2. The lowest BCUT2D eigenvalue weighted by atomic mass is 9.76. The Bertz CT molecular complexity index is 1090. The number of aryl methyl sites for hydroxylation is 1. The molecule has 30 heavy (non-hydrogen) atoms. The van der Waals surface area contributed by atoms with E-state index in [0.717, 1.165) is 46.9 Å². The molecule has 158 valence electrons. The summed E-state index contributed by atoms with van der Waals surface area (Å²) in [6.07, 6.45) is 8.20. The normalized spacial score (nSPS) is 24.2. The van der Waals surface area contributed by atoms with Crippen molar-refractivity contribution >= 4 is 42.6 Å². The van der Waals surface area contributed by atoms with Crippen LogP contribution in [0.15, 0.2) is 75.6 Å². The van der Waals surface area contributed by atoms with Crippen molar-refractivity contribution in [3.63, 3.8) is 0 Å². The second-order valence-electron chi connectivity index (χ2n) is 8.23. The van der Waals surface area contributed by atoms with Crippen molar-refractivity contribution in [1.82, 2.24) is 4.31 Å². The smallest absolute Gasteiger partial charge is 0.207 e. The summed E-state index contributed by atoms with van der Waals surface area (Å²) in [5.41, 5.74) is 2.75. The van der Waals surface area contributed by atoms with Gasteiger partial charge in [0.05, 0.1) is 4.90 Å². The fourth-order valence-electron chi connectivity index (χ4n) is 4.44. The number of allylic oxidation sites excluding steroid dienone is 2. The fourth-order valence-corrected chi connectivity index (χ4v) is 6.58. The van der Waals surface area contributed by atoms with E-state index in [0.29, 0.717) is 23.0 Å². The molecule has 0 saturated carbocycles. The van der Waals surface area contributed by atoms with Crippen LogP contribution in [0.5, 0.6) is 0 Å². The van der Waals surface area contributed by atoms with Gasteiger partial charge in [0.2, 0.25) is 10.0 Å². The van der Waals surface area contributed by atoms with Gasteiger partial charge in [-0.05, 0) is 68.0 Å². The third-order valence-electron chi connectivity index (χ3n) is 6.18. The molecule has 2 aromatic rings. The Balaban J connectivity index is 1.78. The van der Waals surface area contributed by atoms with Gasteiger partial charge in [-0.25, -0.2) is 8.42 Å². The molecule has 1 fully saturated rings. The Hall–Kier alpha value is -1.40. The van der Waals surface area contributed by atoms with Gasteiger partial charge >= 0.3 is 0 Å². The summed E-state index contributed by atoms with van der Waals surface area (Å²) in [6, 6.07) is 15.0. The zero-order valence-electron chi connectivity index (χ0n) is 16.9. The van der Waals surface area contributed by atoms with Gasteiger partial charge in [0, 0.05) is 28.0 Å². The summed E-state index contributed by atoms with van der Waals surface area (Å²) >= 11 is 10.4. The SMILES string of the molecule is Cc1ccc(S(=O)(=O)N2C/C(=C(\Cl)c3ccc(Br)cc3)C3(CC=CCCC3)C2)cc1. The molecule has 0 radical (unpaired) electrons. The van der Waals surface area contributed by atoms with E-state index in [1.807, 2.05) is 43.3 Å². The van der Waals surface area contributed by atoms with Gasteiger partial charge in [0.1, 0.15) is 0 Å². The molecule has 0 bridgehead atoms. The molecule has 1 saturated heterocycles. The highest BCUT2D eigenvalue weighted by atomic mass is 79.9. The Morgan fingerprint density at radius 1 is 1.07 bits per heavy atom. The maximum absolute atomic E-state index is 13.4. The van der Waals surface area contributed by atoms with Gasteiger partial charge in [0.25, 0.3) is 0 Å². The predicted octanol–water partition coefficient (Wildman–Crippen LogP) is 6.53. The van der Waals surface area contributed by atoms with Gasteiger partial charge in [-0.1, -0.05) is 69.5 Å². The summed E-state index contributed by atoms with van der Waals surface area (Å²) in [5, 5.41) is 0.680. The second kappa shape index (κ2) is 8.62. The number of halogens is 2. The number of nitrogens with zero attached hydrogens (tertiary/aromatic N) is 1. The van der Waals surface area contributed by atoms with Gasteiger partial charge in [-0.2, -0.15) is 4.31 Å². The maximum Gasteiger partial charge on any atom is 0.243 e. The zero-order valence-corrected chi connectivity index (χ0v) is 20.1. The molecule has 2 aliphatic rings. The van der Waals surface area contributed by atoms with E-state index >= 15 is 0 Å². The molecule has 3 nitrogen and oxygen atoms in total. The number of hydrogen-bond donors (Lipinski definition) is 0. The van der Waals surface area contributed by atoms with Crippen LogP contribution in [0.1, 0.15) is 36.8 Å². The lowest BCUT2D eigenvalue weighted by molar-refractivity contribution is 0.322. The average Bonchev–Trinajstić information content (AvgIpc) is 2.94. The van der Waals surface area contributed by atoms with Crippen molar-refractivity contribution < 1.29 is 8.42 Å². The van der Waals surface area contributed by atoms with Crippen LogP contribution in [0.4, 0.5) is 0 Å². The number of benzene rings is 2. The Morgan fingerprint density at radius 3 is 2.47 bits per heavy atom. The Morgan fingerprint density at radius 2 is 1.77 bits per heavy atom. The molecular weight excluding hydrogens is 482 g/mol. The van der Waals surface area contributed by atoms with Crippen LogP contribution in [-0.2, 0) is 10.0 Å². The lowest BCUT2D eigenvalue weighted by Gasteiger charge is -2.29. The van der Waals surface area contributed by atoms with Crippen LogP contribution >= 0.6 is 27.5 Å². The van der Waals surface area contributed by atoms with Crippen molar-refractivity contribution in [3.8, 4) is 0 Å². The standard InChI is InChI=1S/C24H25BrClNO2S/c1-18-6-12-21(13-7-18)30(28,29)27-16-22(23(26)19-8-10-20(25)11-9-19)24(17-27)14-4-2-3-5-15-24/h2,4,6-13H,3,5,14-17H2,1H3/b23-22+. The number of sulfonamides is 1. The first-order chi connectivity index (χ1) is 14.3. The minimum atomic E-state index is -3.59. The van der Waals surface area contributed by atoms with Crippen molar-refractivity contribution in [1.29, 1.82) is 0 Å². The first kappa shape index (κ1) is 21.8. The molecule has 1 aliphatic carbocycles. The topological polar surface area (TPSA) is 37.4 Å². The zero-order chi connectivity index (χ0) is 21.4. The molecule has 1 aliphatic heterocycles. The van der Waals surface area contributed by atoms with Crippen LogP contribution in [0, 0.1) is 12.3 Å². The summed E-state index contributed by atoms with van der Waals surface area (Å²) < 4.78 is 29.5. The molecule has 4 rings (SSSR count). The monoisotopic (exact) mass is 505 g/mol. The molecule has 0 aromatic heterocycles. The highest BCUT2D eigenvalue weighted by molar-refractivity contribution is 9.10. The third-order valence-corrected chi connectivity index (χ3v) is 8.96. The van der Waals surface area contributed by atoms with Crippen LogP contribution < -0.4 is 0 Å². The Labute approximate surface area is 192 Å². The van der Waals surface area contributed by atoms with Crippen molar-refractivity contribution in [3.05, 3.63) is 81.9 Å². The molecule has 1 spiro atoms. The second-order valence-corrected chi connectivity index (χ2v) is 11.5. The molecule has 1 heterocycles. The highest BCUT2D eigenvalue weighted by Crippen LogP contribution is 2.49. The molecule has 1 unspecified atom stereocenters. The van der Waals surface area contributed by atoms with Crippen molar-refractivity contribution in [2.24, 2.45) is 5.41 Å². The van der Waals surface area contributed by atoms with Gasteiger partial charge < -0.3 is 0 Å². The van der Waals surface area contributed by atoms with E-state index in [1.165, 1.54) is 0 Å². The van der Waals surface area contributed by atoms with E-state index in [2.05, 4.69) is 28.1 Å². The van der Waals surface area contributed by atoms with Crippen LogP contribution in [0.3, 0.4) is 0 Å². The van der Waals surface area contributed by atoms with Crippen LogP contribution in [0.2, 0.25) is 0 Å². The summed E-state index contributed by atoms with van der Waals surface area (Å²) in [5.74, 6) is 0. The van der Waals surface area contributed by atoms with E-state index in [9.17, 15) is 8.42 Å². The molecule has 0 N–H and O–H groups in total. The Kier molecular flexibility index (Phi) is 6.27. The minimum absolute atomic E-state index is 0.255. The maximum atomic E-state index is 13.4. The van der Waals surface area contributed by atoms with E-state index in [-0.39, 0.29) is 5.41 Å². The summed E-state index contributed by atoms with van der Waals surface area (Å²) in [6.45, 7) is 2.76. The molecular formula is C24H25BrClNO2S. The van der Waals surface area contributed by atoms with E-state index in [4.69, 9.17) is 11.6 Å². The van der Waals surface area contributed by atoms with Crippen LogP contribution in [0.25, 0.3) is 5.03 Å². The highest BCUT2D eigenvalue weighted by Gasteiger charge is 2.47. The fraction of sp³-hybridized carbons (Fsp3) is 0.333. The van der Waals surface area contributed by atoms with E-state index in [1.54, 1.807) is 16.4 Å². The minimum Gasteiger partial charge on any atom is -0.207 e. The predicted molar refractivity (Wildman–Crippen MR) is 127 cm³/mol. The number of rotatable bonds is 3. The van der Waals surface area contributed by atoms with Gasteiger partial charge in [-0.15, -0.1) is 0 Å². The summed E-state index contributed by atoms with van der Waals surface area (Å²) in [4.78, 5) is 0.341.